The van der Waals surface area contributed by atoms with Crippen LogP contribution in [-0.4, -0.2) is 21.1 Å². The molecule has 126 valence electrons. The van der Waals surface area contributed by atoms with Crippen LogP contribution in [0.15, 0.2) is 30.3 Å². The molecule has 2 fully saturated rings. The number of rotatable bonds is 5. The van der Waals surface area contributed by atoms with Gasteiger partial charge in [0.25, 0.3) is 0 Å². The molecule has 0 unspecified atom stereocenters. The summed E-state index contributed by atoms with van der Waals surface area (Å²) in [5.41, 5.74) is 1.95. The van der Waals surface area contributed by atoms with Gasteiger partial charge in [0.05, 0.1) is 5.69 Å². The van der Waals surface area contributed by atoms with Crippen LogP contribution in [0.25, 0.3) is 0 Å². The van der Waals surface area contributed by atoms with E-state index < -0.39 is 0 Å². The molecule has 2 aliphatic rings. The van der Waals surface area contributed by atoms with E-state index in [0.29, 0.717) is 12.0 Å². The summed E-state index contributed by atoms with van der Waals surface area (Å²) in [6.07, 6.45) is 8.74. The Kier molecular flexibility index (Phi) is 4.24. The third-order valence-electron chi connectivity index (χ3n) is 4.80. The van der Waals surface area contributed by atoms with Gasteiger partial charge in [0, 0.05) is 29.8 Å². The minimum absolute atomic E-state index is 0.247. The molecule has 1 aromatic carbocycles. The molecular formula is C19H24N4O. The summed E-state index contributed by atoms with van der Waals surface area (Å²) < 4.78 is 0. The van der Waals surface area contributed by atoms with E-state index in [0.717, 1.165) is 23.1 Å². The van der Waals surface area contributed by atoms with Crippen LogP contribution in [-0.2, 0) is 0 Å². The Morgan fingerprint density at radius 2 is 1.79 bits per heavy atom. The monoisotopic (exact) mass is 324 g/mol. The normalized spacial score (nSPS) is 18.3. The van der Waals surface area contributed by atoms with Gasteiger partial charge >= 0.3 is 0 Å². The number of nitrogens with zero attached hydrogens (tertiary/aromatic N) is 2. The van der Waals surface area contributed by atoms with Gasteiger partial charge in [-0.3, -0.25) is 0 Å². The zero-order valence-corrected chi connectivity index (χ0v) is 13.8. The van der Waals surface area contributed by atoms with Crippen molar-refractivity contribution < 1.29 is 5.11 Å². The number of phenols is 1. The van der Waals surface area contributed by atoms with Gasteiger partial charge in [0.2, 0.25) is 5.95 Å². The van der Waals surface area contributed by atoms with Crippen LogP contribution >= 0.6 is 0 Å². The second-order valence-electron chi connectivity index (χ2n) is 6.93. The standard InChI is InChI=1S/C19H24N4O/c24-16-8-4-7-15(11-16)20-18-12-17(13-9-10-13)22-19(23-18)21-14-5-2-1-3-6-14/h4,7-8,11-14,24H,1-3,5-6,9-10H2,(H2,20,21,22,23). The molecule has 2 saturated carbocycles. The summed E-state index contributed by atoms with van der Waals surface area (Å²) in [6, 6.07) is 9.63. The van der Waals surface area contributed by atoms with Crippen LogP contribution < -0.4 is 10.6 Å². The third-order valence-corrected chi connectivity index (χ3v) is 4.80. The molecule has 24 heavy (non-hydrogen) atoms. The maximum atomic E-state index is 9.63. The number of hydrogen-bond donors (Lipinski definition) is 3. The van der Waals surface area contributed by atoms with Gasteiger partial charge in [-0.15, -0.1) is 0 Å². The van der Waals surface area contributed by atoms with E-state index in [4.69, 9.17) is 4.98 Å². The number of aromatic nitrogens is 2. The highest BCUT2D eigenvalue weighted by atomic mass is 16.3. The molecule has 3 N–H and O–H groups in total. The molecule has 2 aromatic rings. The van der Waals surface area contributed by atoms with Crippen LogP contribution in [0.3, 0.4) is 0 Å². The summed E-state index contributed by atoms with van der Waals surface area (Å²) in [5, 5.41) is 16.5. The molecule has 5 heteroatoms. The molecule has 2 aliphatic carbocycles. The molecule has 5 nitrogen and oxygen atoms in total. The second-order valence-corrected chi connectivity index (χ2v) is 6.93. The second kappa shape index (κ2) is 6.67. The Bertz CT molecular complexity index is 708. The van der Waals surface area contributed by atoms with Crippen molar-refractivity contribution in [2.24, 2.45) is 0 Å². The zero-order chi connectivity index (χ0) is 16.4. The van der Waals surface area contributed by atoms with Crippen LogP contribution in [0.4, 0.5) is 17.5 Å². The molecule has 4 rings (SSSR count). The quantitative estimate of drug-likeness (QED) is 0.753. The van der Waals surface area contributed by atoms with E-state index in [1.54, 1.807) is 12.1 Å². The average Bonchev–Trinajstić information content (AvgIpc) is 3.40. The summed E-state index contributed by atoms with van der Waals surface area (Å²) in [5.74, 6) is 2.34. The molecule has 1 aromatic heterocycles. The number of phenolic OH excluding ortho intramolecular Hbond substituents is 1. The van der Waals surface area contributed by atoms with Crippen LogP contribution in [0, 0.1) is 0 Å². The summed E-state index contributed by atoms with van der Waals surface area (Å²) in [4.78, 5) is 9.38. The lowest BCUT2D eigenvalue weighted by molar-refractivity contribution is 0.460. The van der Waals surface area contributed by atoms with Crippen molar-refractivity contribution in [1.29, 1.82) is 0 Å². The number of aromatic hydroxyl groups is 1. The lowest BCUT2D eigenvalue weighted by Crippen LogP contribution is -2.23. The predicted molar refractivity (Wildman–Crippen MR) is 95.9 cm³/mol. The van der Waals surface area contributed by atoms with Crippen molar-refractivity contribution >= 4 is 17.5 Å². The highest BCUT2D eigenvalue weighted by molar-refractivity contribution is 5.59. The molecule has 1 heterocycles. The summed E-state index contributed by atoms with van der Waals surface area (Å²) in [6.45, 7) is 0. The Labute approximate surface area is 142 Å². The van der Waals surface area contributed by atoms with Gasteiger partial charge in [-0.2, -0.15) is 4.98 Å². The predicted octanol–water partition coefficient (Wildman–Crippen LogP) is 4.55. The minimum atomic E-state index is 0.247. The molecular weight excluding hydrogens is 300 g/mol. The van der Waals surface area contributed by atoms with Crippen molar-refractivity contribution in [3.63, 3.8) is 0 Å². The van der Waals surface area contributed by atoms with Crippen LogP contribution in [0.2, 0.25) is 0 Å². The molecule has 0 radical (unpaired) electrons. The Hall–Kier alpha value is -2.30. The zero-order valence-electron chi connectivity index (χ0n) is 13.8. The van der Waals surface area contributed by atoms with E-state index >= 15 is 0 Å². The lowest BCUT2D eigenvalue weighted by atomic mass is 9.96. The third kappa shape index (κ3) is 3.78. The topological polar surface area (TPSA) is 70.1 Å². The van der Waals surface area contributed by atoms with Crippen LogP contribution in [0.1, 0.15) is 56.6 Å². The number of nitrogens with one attached hydrogen (secondary N) is 2. The summed E-state index contributed by atoms with van der Waals surface area (Å²) in [7, 11) is 0. The lowest BCUT2D eigenvalue weighted by Gasteiger charge is -2.23. The number of benzene rings is 1. The highest BCUT2D eigenvalue weighted by Gasteiger charge is 2.26. The van der Waals surface area contributed by atoms with Gasteiger partial charge in [-0.1, -0.05) is 25.3 Å². The molecule has 0 amide bonds. The van der Waals surface area contributed by atoms with Crippen molar-refractivity contribution in [3.8, 4) is 5.75 Å². The largest absolute Gasteiger partial charge is 0.508 e. The average molecular weight is 324 g/mol. The molecule has 0 aliphatic heterocycles. The van der Waals surface area contributed by atoms with E-state index in [2.05, 4.69) is 15.6 Å². The highest BCUT2D eigenvalue weighted by Crippen LogP contribution is 2.40. The number of hydrogen-bond acceptors (Lipinski definition) is 5. The fourth-order valence-electron chi connectivity index (χ4n) is 3.34. The fraction of sp³-hybridized carbons (Fsp3) is 0.474. The minimum Gasteiger partial charge on any atom is -0.508 e. The van der Waals surface area contributed by atoms with E-state index in [1.165, 1.54) is 44.9 Å². The Balaban J connectivity index is 1.56. The van der Waals surface area contributed by atoms with E-state index in [-0.39, 0.29) is 5.75 Å². The Morgan fingerprint density at radius 1 is 0.958 bits per heavy atom. The first-order chi connectivity index (χ1) is 11.8. The van der Waals surface area contributed by atoms with Crippen molar-refractivity contribution in [2.45, 2.75) is 56.9 Å². The Morgan fingerprint density at radius 3 is 2.54 bits per heavy atom. The first kappa shape index (κ1) is 15.2. The van der Waals surface area contributed by atoms with Gasteiger partial charge in [0.1, 0.15) is 11.6 Å². The van der Waals surface area contributed by atoms with Crippen LogP contribution in [0.5, 0.6) is 5.75 Å². The van der Waals surface area contributed by atoms with Gasteiger partial charge < -0.3 is 15.7 Å². The maximum absolute atomic E-state index is 9.63. The van der Waals surface area contributed by atoms with Crippen molar-refractivity contribution in [3.05, 3.63) is 36.0 Å². The molecule has 0 bridgehead atoms. The summed E-state index contributed by atoms with van der Waals surface area (Å²) >= 11 is 0. The van der Waals surface area contributed by atoms with Gasteiger partial charge in [-0.05, 0) is 37.8 Å². The first-order valence-corrected chi connectivity index (χ1v) is 8.98. The smallest absolute Gasteiger partial charge is 0.225 e. The fourth-order valence-corrected chi connectivity index (χ4v) is 3.34. The first-order valence-electron chi connectivity index (χ1n) is 8.98. The van der Waals surface area contributed by atoms with Gasteiger partial charge in [0.15, 0.2) is 0 Å². The molecule has 0 saturated heterocycles. The number of anilines is 3. The SMILES string of the molecule is Oc1cccc(Nc2cc(C3CC3)nc(NC3CCCCC3)n2)c1. The van der Waals surface area contributed by atoms with Crippen molar-refractivity contribution in [1.82, 2.24) is 9.97 Å². The van der Waals surface area contributed by atoms with Crippen molar-refractivity contribution in [2.75, 3.05) is 10.6 Å². The van der Waals surface area contributed by atoms with E-state index in [1.807, 2.05) is 18.2 Å². The van der Waals surface area contributed by atoms with E-state index in [9.17, 15) is 5.11 Å². The molecule has 0 atom stereocenters. The maximum Gasteiger partial charge on any atom is 0.225 e. The molecule has 0 spiro atoms. The van der Waals surface area contributed by atoms with Gasteiger partial charge in [-0.25, -0.2) is 4.98 Å².